The number of nitrogens with one attached hydrogen (secondary N) is 1. The standard InChI is InChI=1S/C18H15NO/c1-2-6-13(7-3-1)19-14-10-11-16-15-8-4-5-9-17(15)20-18(16)12-14/h2,4-12,19H,1,3H2. The zero-order chi connectivity index (χ0) is 13.4. The lowest BCUT2D eigenvalue weighted by molar-refractivity contribution is 0.669. The lowest BCUT2D eigenvalue weighted by Gasteiger charge is -2.10. The van der Waals surface area contributed by atoms with E-state index >= 15 is 0 Å². The van der Waals surface area contributed by atoms with Gasteiger partial charge in [0.15, 0.2) is 0 Å². The van der Waals surface area contributed by atoms with Gasteiger partial charge in [0.25, 0.3) is 0 Å². The van der Waals surface area contributed by atoms with E-state index < -0.39 is 0 Å². The van der Waals surface area contributed by atoms with Crippen molar-refractivity contribution in [3.05, 3.63) is 66.4 Å². The molecular formula is C18H15NO. The van der Waals surface area contributed by atoms with Gasteiger partial charge in [-0.2, -0.15) is 0 Å². The monoisotopic (exact) mass is 261 g/mol. The molecule has 20 heavy (non-hydrogen) atoms. The van der Waals surface area contributed by atoms with Crippen LogP contribution >= 0.6 is 0 Å². The Kier molecular flexibility index (Phi) is 2.59. The number of furan rings is 1. The Labute approximate surface area is 117 Å². The van der Waals surface area contributed by atoms with E-state index in [1.165, 1.54) is 10.8 Å². The van der Waals surface area contributed by atoms with E-state index in [-0.39, 0.29) is 0 Å². The van der Waals surface area contributed by atoms with Crippen molar-refractivity contribution in [2.45, 2.75) is 12.8 Å². The van der Waals surface area contributed by atoms with Crippen LogP contribution in [0.2, 0.25) is 0 Å². The number of hydrogen-bond acceptors (Lipinski definition) is 2. The Morgan fingerprint density at radius 2 is 1.80 bits per heavy atom. The Bertz CT molecular complexity index is 839. The van der Waals surface area contributed by atoms with Crippen LogP contribution in [0.4, 0.5) is 5.69 Å². The van der Waals surface area contributed by atoms with Crippen molar-refractivity contribution in [2.75, 3.05) is 5.32 Å². The molecular weight excluding hydrogens is 246 g/mol. The molecule has 0 unspecified atom stereocenters. The summed E-state index contributed by atoms with van der Waals surface area (Å²) in [5.41, 5.74) is 4.09. The second-order valence-corrected chi connectivity index (χ2v) is 5.07. The minimum atomic E-state index is 0.927. The van der Waals surface area contributed by atoms with Crippen LogP contribution in [0.15, 0.2) is 70.8 Å². The summed E-state index contributed by atoms with van der Waals surface area (Å²) in [5.74, 6) is 0. The fraction of sp³-hybridized carbons (Fsp3) is 0.111. The quantitative estimate of drug-likeness (QED) is 0.683. The Morgan fingerprint density at radius 1 is 0.900 bits per heavy atom. The average molecular weight is 261 g/mol. The fourth-order valence-corrected chi connectivity index (χ4v) is 2.68. The van der Waals surface area contributed by atoms with E-state index in [1.54, 1.807) is 0 Å². The Balaban J connectivity index is 1.77. The van der Waals surface area contributed by atoms with Crippen LogP contribution in [0.3, 0.4) is 0 Å². The molecule has 1 aromatic heterocycles. The number of anilines is 1. The Hall–Kier alpha value is -2.48. The first-order chi connectivity index (χ1) is 9.90. The molecule has 0 radical (unpaired) electrons. The third-order valence-electron chi connectivity index (χ3n) is 3.66. The summed E-state index contributed by atoms with van der Waals surface area (Å²) in [6.07, 6.45) is 8.79. The van der Waals surface area contributed by atoms with E-state index in [1.807, 2.05) is 18.2 Å². The van der Waals surface area contributed by atoms with Gasteiger partial charge in [0.05, 0.1) is 0 Å². The average Bonchev–Trinajstić information content (AvgIpc) is 2.86. The molecule has 0 fully saturated rings. The molecule has 1 aliphatic carbocycles. The van der Waals surface area contributed by atoms with Crippen molar-refractivity contribution < 1.29 is 4.42 Å². The second-order valence-electron chi connectivity index (χ2n) is 5.07. The van der Waals surface area contributed by atoms with E-state index in [0.29, 0.717) is 0 Å². The summed E-state index contributed by atoms with van der Waals surface area (Å²) in [7, 11) is 0. The normalized spacial score (nSPS) is 14.7. The first-order valence-electron chi connectivity index (χ1n) is 6.95. The Morgan fingerprint density at radius 3 is 2.70 bits per heavy atom. The van der Waals surface area contributed by atoms with Crippen LogP contribution in [-0.4, -0.2) is 0 Å². The maximum absolute atomic E-state index is 5.90. The van der Waals surface area contributed by atoms with Crippen LogP contribution in [-0.2, 0) is 0 Å². The van der Waals surface area contributed by atoms with Gasteiger partial charge < -0.3 is 9.73 Å². The molecule has 4 rings (SSSR count). The van der Waals surface area contributed by atoms with Gasteiger partial charge in [-0.1, -0.05) is 30.4 Å². The fourth-order valence-electron chi connectivity index (χ4n) is 2.68. The number of fused-ring (bicyclic) bond motifs is 3. The van der Waals surface area contributed by atoms with Gasteiger partial charge in [0.2, 0.25) is 0 Å². The summed E-state index contributed by atoms with van der Waals surface area (Å²) in [6.45, 7) is 0. The maximum Gasteiger partial charge on any atom is 0.137 e. The number of para-hydroxylation sites is 1. The highest BCUT2D eigenvalue weighted by atomic mass is 16.3. The molecule has 0 atom stereocenters. The van der Waals surface area contributed by atoms with Gasteiger partial charge in [-0.3, -0.25) is 0 Å². The molecule has 0 saturated carbocycles. The molecule has 0 saturated heterocycles. The van der Waals surface area contributed by atoms with E-state index in [2.05, 4.69) is 47.8 Å². The molecule has 0 bridgehead atoms. The second kappa shape index (κ2) is 4.57. The smallest absolute Gasteiger partial charge is 0.137 e. The topological polar surface area (TPSA) is 25.2 Å². The summed E-state index contributed by atoms with van der Waals surface area (Å²) in [4.78, 5) is 0. The molecule has 0 aliphatic heterocycles. The van der Waals surface area contributed by atoms with Gasteiger partial charge in [0, 0.05) is 28.2 Å². The molecule has 2 aromatic carbocycles. The lowest BCUT2D eigenvalue weighted by Crippen LogP contribution is -1.98. The van der Waals surface area contributed by atoms with Crippen LogP contribution in [0.25, 0.3) is 21.9 Å². The van der Waals surface area contributed by atoms with Gasteiger partial charge in [-0.25, -0.2) is 0 Å². The predicted octanol–water partition coefficient (Wildman–Crippen LogP) is 5.23. The van der Waals surface area contributed by atoms with Crippen molar-refractivity contribution in [3.63, 3.8) is 0 Å². The largest absolute Gasteiger partial charge is 0.456 e. The third-order valence-corrected chi connectivity index (χ3v) is 3.66. The zero-order valence-corrected chi connectivity index (χ0v) is 11.1. The lowest BCUT2D eigenvalue weighted by atomic mass is 10.1. The van der Waals surface area contributed by atoms with Crippen molar-refractivity contribution >= 4 is 27.6 Å². The summed E-state index contributed by atoms with van der Waals surface area (Å²) < 4.78 is 5.90. The molecule has 2 heteroatoms. The van der Waals surface area contributed by atoms with Crippen LogP contribution < -0.4 is 5.32 Å². The highest BCUT2D eigenvalue weighted by molar-refractivity contribution is 6.05. The number of benzene rings is 2. The highest BCUT2D eigenvalue weighted by Crippen LogP contribution is 2.30. The number of allylic oxidation sites excluding steroid dienone is 3. The van der Waals surface area contributed by atoms with Gasteiger partial charge >= 0.3 is 0 Å². The molecule has 1 aliphatic rings. The van der Waals surface area contributed by atoms with Crippen molar-refractivity contribution in [2.24, 2.45) is 0 Å². The van der Waals surface area contributed by atoms with E-state index in [9.17, 15) is 0 Å². The summed E-state index contributed by atoms with van der Waals surface area (Å²) in [5, 5.41) is 5.77. The van der Waals surface area contributed by atoms with Crippen LogP contribution in [0.5, 0.6) is 0 Å². The minimum absolute atomic E-state index is 0.927. The van der Waals surface area contributed by atoms with Gasteiger partial charge in [0.1, 0.15) is 11.2 Å². The SMILES string of the molecule is C1=CC(Nc2ccc3c(c2)oc2ccccc23)=CCC1. The zero-order valence-electron chi connectivity index (χ0n) is 11.1. The van der Waals surface area contributed by atoms with Crippen LogP contribution in [0.1, 0.15) is 12.8 Å². The van der Waals surface area contributed by atoms with Crippen molar-refractivity contribution in [3.8, 4) is 0 Å². The van der Waals surface area contributed by atoms with Crippen LogP contribution in [0, 0.1) is 0 Å². The van der Waals surface area contributed by atoms with Crippen molar-refractivity contribution in [1.29, 1.82) is 0 Å². The highest BCUT2D eigenvalue weighted by Gasteiger charge is 2.07. The predicted molar refractivity (Wildman–Crippen MR) is 83.8 cm³/mol. The first-order valence-corrected chi connectivity index (χ1v) is 6.95. The summed E-state index contributed by atoms with van der Waals surface area (Å²) >= 11 is 0. The van der Waals surface area contributed by atoms with Gasteiger partial charge in [-0.05, 0) is 37.1 Å². The molecule has 1 heterocycles. The van der Waals surface area contributed by atoms with E-state index in [0.717, 1.165) is 35.4 Å². The molecule has 0 amide bonds. The van der Waals surface area contributed by atoms with E-state index in [4.69, 9.17) is 4.42 Å². The maximum atomic E-state index is 5.90. The minimum Gasteiger partial charge on any atom is -0.456 e. The van der Waals surface area contributed by atoms with Crippen molar-refractivity contribution in [1.82, 2.24) is 0 Å². The first kappa shape index (κ1) is 11.4. The number of hydrogen-bond donors (Lipinski definition) is 1. The molecule has 98 valence electrons. The molecule has 2 nitrogen and oxygen atoms in total. The molecule has 1 N–H and O–H groups in total. The third kappa shape index (κ3) is 1.90. The number of rotatable bonds is 2. The van der Waals surface area contributed by atoms with Gasteiger partial charge in [-0.15, -0.1) is 0 Å². The molecule has 0 spiro atoms. The summed E-state index contributed by atoms with van der Waals surface area (Å²) in [6, 6.07) is 14.4. The molecule has 3 aromatic rings.